The van der Waals surface area contributed by atoms with Gasteiger partial charge in [-0.05, 0) is 42.2 Å². The molecule has 0 saturated heterocycles. The van der Waals surface area contributed by atoms with E-state index in [-0.39, 0.29) is 5.41 Å². The maximum atomic E-state index is 2.43. The van der Waals surface area contributed by atoms with E-state index < -0.39 is 0 Å². The molecule has 27 heavy (non-hydrogen) atoms. The van der Waals surface area contributed by atoms with Gasteiger partial charge >= 0.3 is 0 Å². The first-order valence-electron chi connectivity index (χ1n) is 9.55. The lowest BCUT2D eigenvalue weighted by Crippen LogP contribution is -2.30. The molecule has 0 fully saturated rings. The summed E-state index contributed by atoms with van der Waals surface area (Å²) < 4.78 is 4.75. The highest BCUT2D eigenvalue weighted by atomic mass is 15.2. The zero-order chi connectivity index (χ0) is 19.2. The van der Waals surface area contributed by atoms with Crippen LogP contribution >= 0.6 is 0 Å². The summed E-state index contributed by atoms with van der Waals surface area (Å²) in [5.74, 6) is 1.21. The number of hydrogen-bond acceptors (Lipinski definition) is 0. The van der Waals surface area contributed by atoms with Crippen molar-refractivity contribution in [3.8, 4) is 17.1 Å². The van der Waals surface area contributed by atoms with Crippen LogP contribution in [0.25, 0.3) is 28.1 Å². The molecular formula is C25H27N2+. The first-order chi connectivity index (χ1) is 12.9. The van der Waals surface area contributed by atoms with Crippen molar-refractivity contribution >= 4 is 11.0 Å². The van der Waals surface area contributed by atoms with E-state index >= 15 is 0 Å². The van der Waals surface area contributed by atoms with Crippen LogP contribution in [0.2, 0.25) is 0 Å². The number of para-hydroxylation sites is 3. The predicted molar refractivity (Wildman–Crippen MR) is 113 cm³/mol. The molecule has 0 aliphatic heterocycles. The van der Waals surface area contributed by atoms with Crippen molar-refractivity contribution in [3.63, 3.8) is 0 Å². The molecule has 0 bridgehead atoms. The van der Waals surface area contributed by atoms with Gasteiger partial charge in [0.05, 0.1) is 12.6 Å². The monoisotopic (exact) mass is 355 g/mol. The highest BCUT2D eigenvalue weighted by Crippen LogP contribution is 2.34. The minimum Gasteiger partial charge on any atom is -0.225 e. The molecule has 4 aromatic rings. The average Bonchev–Trinajstić information content (AvgIpc) is 2.94. The fraction of sp³-hybridized carbons (Fsp3) is 0.240. The molecule has 0 N–H and O–H groups in total. The van der Waals surface area contributed by atoms with Gasteiger partial charge in [0.15, 0.2) is 11.0 Å². The third kappa shape index (κ3) is 2.86. The number of imidazole rings is 1. The van der Waals surface area contributed by atoms with Crippen LogP contribution in [0.4, 0.5) is 0 Å². The zero-order valence-corrected chi connectivity index (χ0v) is 16.8. The third-order valence-corrected chi connectivity index (χ3v) is 5.35. The fourth-order valence-corrected chi connectivity index (χ4v) is 3.99. The molecule has 3 aromatic carbocycles. The van der Waals surface area contributed by atoms with Crippen molar-refractivity contribution in [2.45, 2.75) is 33.1 Å². The standard InChI is InChI=1S/C25H27N2/c1-18-12-6-7-13-19(18)24-26(5)22-16-10-11-17-23(22)27(24)21-15-9-8-14-20(21)25(2,3)4/h6-17H,1-5H3/q+1. The van der Waals surface area contributed by atoms with Gasteiger partial charge in [0.2, 0.25) is 0 Å². The zero-order valence-electron chi connectivity index (χ0n) is 16.8. The van der Waals surface area contributed by atoms with Gasteiger partial charge in [0, 0.05) is 5.56 Å². The van der Waals surface area contributed by atoms with Crippen LogP contribution in [0, 0.1) is 6.92 Å². The summed E-state index contributed by atoms with van der Waals surface area (Å²) in [6.07, 6.45) is 0. The average molecular weight is 356 g/mol. The molecular weight excluding hydrogens is 328 g/mol. The Labute approximate surface area is 161 Å². The van der Waals surface area contributed by atoms with Crippen molar-refractivity contribution < 1.29 is 4.57 Å². The van der Waals surface area contributed by atoms with Gasteiger partial charge in [-0.15, -0.1) is 0 Å². The number of hydrogen-bond donors (Lipinski definition) is 0. The highest BCUT2D eigenvalue weighted by Gasteiger charge is 2.30. The van der Waals surface area contributed by atoms with E-state index in [0.717, 1.165) is 0 Å². The third-order valence-electron chi connectivity index (χ3n) is 5.35. The molecule has 0 aliphatic carbocycles. The first kappa shape index (κ1) is 17.5. The first-order valence-corrected chi connectivity index (χ1v) is 9.55. The Morgan fingerprint density at radius 3 is 2.15 bits per heavy atom. The van der Waals surface area contributed by atoms with E-state index in [9.17, 15) is 0 Å². The van der Waals surface area contributed by atoms with Crippen molar-refractivity contribution in [1.29, 1.82) is 0 Å². The van der Waals surface area contributed by atoms with Gasteiger partial charge < -0.3 is 0 Å². The predicted octanol–water partition coefficient (Wildman–Crippen LogP) is 5.73. The molecule has 2 nitrogen and oxygen atoms in total. The summed E-state index contributed by atoms with van der Waals surface area (Å²) in [6, 6.07) is 26.1. The number of rotatable bonds is 2. The topological polar surface area (TPSA) is 8.81 Å². The summed E-state index contributed by atoms with van der Waals surface area (Å²) in [7, 11) is 2.17. The van der Waals surface area contributed by atoms with E-state index in [1.165, 1.54) is 39.2 Å². The molecule has 0 radical (unpaired) electrons. The molecule has 4 rings (SSSR count). The molecule has 0 amide bonds. The van der Waals surface area contributed by atoms with Crippen LogP contribution in [0.5, 0.6) is 0 Å². The minimum atomic E-state index is 0.0591. The quantitative estimate of drug-likeness (QED) is 0.406. The second-order valence-electron chi connectivity index (χ2n) is 8.29. The van der Waals surface area contributed by atoms with E-state index in [0.29, 0.717) is 0 Å². The number of nitrogens with zero attached hydrogens (tertiary/aromatic N) is 2. The summed E-state index contributed by atoms with van der Waals surface area (Å²) in [5.41, 5.74) is 7.67. The lowest BCUT2D eigenvalue weighted by atomic mass is 9.85. The summed E-state index contributed by atoms with van der Waals surface area (Å²) in [6.45, 7) is 9.04. The smallest absolute Gasteiger partial charge is 0.225 e. The van der Waals surface area contributed by atoms with Crippen LogP contribution in [-0.2, 0) is 12.5 Å². The molecule has 2 heteroatoms. The summed E-state index contributed by atoms with van der Waals surface area (Å²) in [4.78, 5) is 0. The Morgan fingerprint density at radius 1 is 0.778 bits per heavy atom. The lowest BCUT2D eigenvalue weighted by Gasteiger charge is -2.21. The van der Waals surface area contributed by atoms with E-state index in [2.05, 4.69) is 117 Å². The number of aromatic nitrogens is 2. The second kappa shape index (κ2) is 6.38. The maximum Gasteiger partial charge on any atom is 0.295 e. The van der Waals surface area contributed by atoms with E-state index in [1.54, 1.807) is 0 Å². The Morgan fingerprint density at radius 2 is 1.41 bits per heavy atom. The van der Waals surface area contributed by atoms with Crippen LogP contribution in [0.3, 0.4) is 0 Å². The lowest BCUT2D eigenvalue weighted by molar-refractivity contribution is -0.633. The second-order valence-corrected chi connectivity index (χ2v) is 8.29. The van der Waals surface area contributed by atoms with Crippen molar-refractivity contribution in [2.75, 3.05) is 0 Å². The van der Waals surface area contributed by atoms with Crippen LogP contribution in [0.15, 0.2) is 72.8 Å². The molecule has 0 aliphatic rings. The van der Waals surface area contributed by atoms with E-state index in [4.69, 9.17) is 0 Å². The summed E-state index contributed by atoms with van der Waals surface area (Å²) in [5, 5.41) is 0. The van der Waals surface area contributed by atoms with Crippen LogP contribution < -0.4 is 4.57 Å². The highest BCUT2D eigenvalue weighted by molar-refractivity contribution is 5.80. The van der Waals surface area contributed by atoms with Gasteiger partial charge in [-0.3, -0.25) is 0 Å². The molecule has 0 unspecified atom stereocenters. The minimum absolute atomic E-state index is 0.0591. The molecule has 0 spiro atoms. The molecule has 136 valence electrons. The van der Waals surface area contributed by atoms with E-state index in [1.807, 2.05) is 0 Å². The van der Waals surface area contributed by atoms with Gasteiger partial charge in [-0.25, -0.2) is 4.57 Å². The van der Waals surface area contributed by atoms with Crippen molar-refractivity contribution in [2.24, 2.45) is 7.05 Å². The maximum absolute atomic E-state index is 2.43. The molecule has 0 saturated carbocycles. The van der Waals surface area contributed by atoms with Crippen LogP contribution in [0.1, 0.15) is 31.9 Å². The Kier molecular flexibility index (Phi) is 4.15. The van der Waals surface area contributed by atoms with Gasteiger partial charge in [0.1, 0.15) is 5.69 Å². The summed E-state index contributed by atoms with van der Waals surface area (Å²) >= 11 is 0. The molecule has 0 atom stereocenters. The normalized spacial score (nSPS) is 11.9. The van der Waals surface area contributed by atoms with Gasteiger partial charge in [-0.1, -0.05) is 69.3 Å². The van der Waals surface area contributed by atoms with Gasteiger partial charge in [-0.2, -0.15) is 4.57 Å². The Bertz CT molecular complexity index is 1130. The van der Waals surface area contributed by atoms with Crippen molar-refractivity contribution in [3.05, 3.63) is 83.9 Å². The van der Waals surface area contributed by atoms with Crippen molar-refractivity contribution in [1.82, 2.24) is 4.57 Å². The fourth-order valence-electron chi connectivity index (χ4n) is 3.99. The molecule has 1 aromatic heterocycles. The number of benzene rings is 3. The number of aryl methyl sites for hydroxylation is 2. The Balaban J connectivity index is 2.17. The van der Waals surface area contributed by atoms with Gasteiger partial charge in [0.25, 0.3) is 5.82 Å². The molecule has 1 heterocycles. The Hall–Kier alpha value is -2.87. The largest absolute Gasteiger partial charge is 0.295 e. The number of fused-ring (bicyclic) bond motifs is 1. The SMILES string of the molecule is Cc1ccccc1-c1n(-c2ccccc2C(C)(C)C)c2ccccc2[n+]1C. The van der Waals surface area contributed by atoms with Crippen LogP contribution in [-0.4, -0.2) is 4.57 Å².